The standard InChI is InChI=1S/C17H17N3O3/c1-4-12-16(11(3)23-20-12)17(21)22-9-15-10(2)18-13-7-5-6-8-14(13)19-15/h5-8H,4,9H2,1-3H3. The maximum Gasteiger partial charge on any atom is 0.344 e. The molecule has 2 heterocycles. The third kappa shape index (κ3) is 2.92. The fourth-order valence-corrected chi connectivity index (χ4v) is 2.39. The van der Waals surface area contributed by atoms with Crippen molar-refractivity contribution in [3.05, 3.63) is 52.7 Å². The van der Waals surface area contributed by atoms with Crippen LogP contribution < -0.4 is 0 Å². The average molecular weight is 311 g/mol. The van der Waals surface area contributed by atoms with Gasteiger partial charge in [0.15, 0.2) is 0 Å². The summed E-state index contributed by atoms with van der Waals surface area (Å²) in [6, 6.07) is 7.60. The summed E-state index contributed by atoms with van der Waals surface area (Å²) < 4.78 is 10.4. The normalized spacial score (nSPS) is 10.9. The minimum Gasteiger partial charge on any atom is -0.455 e. The van der Waals surface area contributed by atoms with Gasteiger partial charge in [0.05, 0.1) is 28.1 Å². The summed E-state index contributed by atoms with van der Waals surface area (Å²) in [5, 5.41) is 3.86. The van der Waals surface area contributed by atoms with Crippen molar-refractivity contribution in [3.8, 4) is 0 Å². The first-order valence-electron chi connectivity index (χ1n) is 7.44. The molecule has 0 saturated carbocycles. The van der Waals surface area contributed by atoms with Crippen molar-refractivity contribution in [1.29, 1.82) is 0 Å². The van der Waals surface area contributed by atoms with E-state index in [1.807, 2.05) is 38.1 Å². The lowest BCUT2D eigenvalue weighted by molar-refractivity contribution is 0.0464. The molecule has 0 N–H and O–H groups in total. The van der Waals surface area contributed by atoms with Crippen molar-refractivity contribution >= 4 is 17.0 Å². The van der Waals surface area contributed by atoms with E-state index in [1.54, 1.807) is 6.92 Å². The van der Waals surface area contributed by atoms with Crippen LogP contribution in [0.25, 0.3) is 11.0 Å². The molecule has 0 bridgehead atoms. The summed E-state index contributed by atoms with van der Waals surface area (Å²) in [7, 11) is 0. The van der Waals surface area contributed by atoms with Crippen molar-refractivity contribution in [2.45, 2.75) is 33.8 Å². The highest BCUT2D eigenvalue weighted by Gasteiger charge is 2.21. The third-order valence-corrected chi connectivity index (χ3v) is 3.66. The molecule has 0 unspecified atom stereocenters. The Morgan fingerprint density at radius 1 is 1.13 bits per heavy atom. The lowest BCUT2D eigenvalue weighted by Crippen LogP contribution is -2.10. The molecule has 2 aromatic heterocycles. The highest BCUT2D eigenvalue weighted by Crippen LogP contribution is 2.17. The van der Waals surface area contributed by atoms with Crippen LogP contribution in [0.4, 0.5) is 0 Å². The molecular weight excluding hydrogens is 294 g/mol. The van der Waals surface area contributed by atoms with E-state index in [-0.39, 0.29) is 6.61 Å². The molecule has 3 aromatic rings. The molecule has 118 valence electrons. The van der Waals surface area contributed by atoms with Gasteiger partial charge < -0.3 is 9.26 Å². The molecule has 0 radical (unpaired) electrons. The number of carbonyl (C=O) groups is 1. The zero-order chi connectivity index (χ0) is 16.4. The van der Waals surface area contributed by atoms with Crippen molar-refractivity contribution in [3.63, 3.8) is 0 Å². The molecule has 23 heavy (non-hydrogen) atoms. The molecule has 0 aliphatic rings. The van der Waals surface area contributed by atoms with Crippen LogP contribution in [0.1, 0.15) is 40.1 Å². The zero-order valence-corrected chi connectivity index (χ0v) is 13.3. The van der Waals surface area contributed by atoms with E-state index in [0.29, 0.717) is 29.1 Å². The van der Waals surface area contributed by atoms with Gasteiger partial charge in [0.25, 0.3) is 0 Å². The second kappa shape index (κ2) is 6.16. The van der Waals surface area contributed by atoms with Gasteiger partial charge in [0.2, 0.25) is 0 Å². The molecule has 0 fully saturated rings. The molecule has 0 spiro atoms. The van der Waals surface area contributed by atoms with Gasteiger partial charge in [-0.05, 0) is 32.4 Å². The summed E-state index contributed by atoms with van der Waals surface area (Å²) in [6.07, 6.45) is 0.608. The average Bonchev–Trinajstić information content (AvgIpc) is 2.93. The SMILES string of the molecule is CCc1noc(C)c1C(=O)OCc1nc2ccccc2nc1C. The lowest BCUT2D eigenvalue weighted by Gasteiger charge is -2.08. The first-order chi connectivity index (χ1) is 11.1. The molecular formula is C17H17N3O3. The Kier molecular flexibility index (Phi) is 4.06. The van der Waals surface area contributed by atoms with Crippen molar-refractivity contribution < 1.29 is 14.1 Å². The predicted molar refractivity (Wildman–Crippen MR) is 84.0 cm³/mol. The number of rotatable bonds is 4. The van der Waals surface area contributed by atoms with Crippen LogP contribution in [0.15, 0.2) is 28.8 Å². The van der Waals surface area contributed by atoms with Gasteiger partial charge in [0.1, 0.15) is 17.9 Å². The number of hydrogen-bond donors (Lipinski definition) is 0. The Hall–Kier alpha value is -2.76. The van der Waals surface area contributed by atoms with E-state index in [2.05, 4.69) is 15.1 Å². The second-order valence-electron chi connectivity index (χ2n) is 5.23. The number of benzene rings is 1. The highest BCUT2D eigenvalue weighted by atomic mass is 16.5. The predicted octanol–water partition coefficient (Wildman–Crippen LogP) is 3.15. The van der Waals surface area contributed by atoms with E-state index >= 15 is 0 Å². The van der Waals surface area contributed by atoms with E-state index in [4.69, 9.17) is 9.26 Å². The summed E-state index contributed by atoms with van der Waals surface area (Å²) in [4.78, 5) is 21.3. The molecule has 0 saturated heterocycles. The fraction of sp³-hybridized carbons (Fsp3) is 0.294. The smallest absolute Gasteiger partial charge is 0.344 e. The van der Waals surface area contributed by atoms with Gasteiger partial charge in [-0.25, -0.2) is 14.8 Å². The van der Waals surface area contributed by atoms with Crippen LogP contribution in [0.5, 0.6) is 0 Å². The summed E-state index contributed by atoms with van der Waals surface area (Å²) in [6.45, 7) is 5.53. The Morgan fingerprint density at radius 3 is 2.52 bits per heavy atom. The van der Waals surface area contributed by atoms with Crippen molar-refractivity contribution in [1.82, 2.24) is 15.1 Å². The van der Waals surface area contributed by atoms with Gasteiger partial charge in [-0.2, -0.15) is 0 Å². The lowest BCUT2D eigenvalue weighted by atomic mass is 10.1. The number of hydrogen-bond acceptors (Lipinski definition) is 6. The van der Waals surface area contributed by atoms with Gasteiger partial charge in [-0.3, -0.25) is 0 Å². The third-order valence-electron chi connectivity index (χ3n) is 3.66. The van der Waals surface area contributed by atoms with E-state index in [1.165, 1.54) is 0 Å². The van der Waals surface area contributed by atoms with Crippen molar-refractivity contribution in [2.75, 3.05) is 0 Å². The Balaban J connectivity index is 1.81. The van der Waals surface area contributed by atoms with Crippen molar-refractivity contribution in [2.24, 2.45) is 0 Å². The van der Waals surface area contributed by atoms with Gasteiger partial charge >= 0.3 is 5.97 Å². The second-order valence-corrected chi connectivity index (χ2v) is 5.23. The summed E-state index contributed by atoms with van der Waals surface area (Å²) in [5.74, 6) is 0.0168. The quantitative estimate of drug-likeness (QED) is 0.689. The zero-order valence-electron chi connectivity index (χ0n) is 13.3. The van der Waals surface area contributed by atoms with Crippen LogP contribution in [0.3, 0.4) is 0 Å². The first-order valence-corrected chi connectivity index (χ1v) is 7.44. The van der Waals surface area contributed by atoms with Gasteiger partial charge in [-0.15, -0.1) is 0 Å². The largest absolute Gasteiger partial charge is 0.455 e. The maximum absolute atomic E-state index is 12.3. The molecule has 1 aromatic carbocycles. The number of esters is 1. The minimum atomic E-state index is -0.449. The van der Waals surface area contributed by atoms with Crippen LogP contribution in [-0.4, -0.2) is 21.1 Å². The minimum absolute atomic E-state index is 0.0657. The Morgan fingerprint density at radius 2 is 1.83 bits per heavy atom. The number of ether oxygens (including phenoxy) is 1. The Labute approximate surface area is 133 Å². The van der Waals surface area contributed by atoms with Gasteiger partial charge in [0, 0.05) is 0 Å². The van der Waals surface area contributed by atoms with Crippen LogP contribution in [0, 0.1) is 13.8 Å². The Bertz CT molecular complexity index is 871. The molecule has 6 nitrogen and oxygen atoms in total. The van der Waals surface area contributed by atoms with Crippen LogP contribution in [-0.2, 0) is 17.8 Å². The summed E-state index contributed by atoms with van der Waals surface area (Å²) in [5.41, 5.74) is 3.99. The van der Waals surface area contributed by atoms with Gasteiger partial charge in [-0.1, -0.05) is 24.2 Å². The highest BCUT2D eigenvalue weighted by molar-refractivity contribution is 5.91. The van der Waals surface area contributed by atoms with Crippen LogP contribution >= 0.6 is 0 Å². The molecule has 3 rings (SSSR count). The fourth-order valence-electron chi connectivity index (χ4n) is 2.39. The molecule has 0 aliphatic heterocycles. The van der Waals surface area contributed by atoms with E-state index in [0.717, 1.165) is 16.7 Å². The summed E-state index contributed by atoms with van der Waals surface area (Å²) >= 11 is 0. The molecule has 0 atom stereocenters. The maximum atomic E-state index is 12.3. The van der Waals surface area contributed by atoms with E-state index < -0.39 is 5.97 Å². The monoisotopic (exact) mass is 311 g/mol. The number of fused-ring (bicyclic) bond motifs is 1. The number of aryl methyl sites for hydroxylation is 3. The topological polar surface area (TPSA) is 78.1 Å². The number of carbonyl (C=O) groups excluding carboxylic acids is 1. The van der Waals surface area contributed by atoms with Crippen LogP contribution in [0.2, 0.25) is 0 Å². The number of aromatic nitrogens is 3. The molecule has 0 amide bonds. The number of para-hydroxylation sites is 2. The first kappa shape index (κ1) is 15.1. The molecule has 0 aliphatic carbocycles. The number of nitrogens with zero attached hydrogens (tertiary/aromatic N) is 3. The van der Waals surface area contributed by atoms with E-state index in [9.17, 15) is 4.79 Å². The molecule has 6 heteroatoms.